The van der Waals surface area contributed by atoms with Crippen molar-refractivity contribution < 1.29 is 14.3 Å². The van der Waals surface area contributed by atoms with Gasteiger partial charge in [-0.25, -0.2) is 0 Å². The molecule has 0 saturated carbocycles. The van der Waals surface area contributed by atoms with Gasteiger partial charge in [-0.15, -0.1) is 0 Å². The summed E-state index contributed by atoms with van der Waals surface area (Å²) in [6.07, 6.45) is -0.144. The molecule has 0 radical (unpaired) electrons. The van der Waals surface area contributed by atoms with E-state index in [0.29, 0.717) is 18.7 Å². The van der Waals surface area contributed by atoms with Crippen molar-refractivity contribution in [1.82, 2.24) is 5.32 Å². The number of carbonyl (C=O) groups excluding carboxylic acids is 1. The van der Waals surface area contributed by atoms with Gasteiger partial charge in [0.25, 0.3) is 5.91 Å². The van der Waals surface area contributed by atoms with E-state index in [9.17, 15) is 4.79 Å². The summed E-state index contributed by atoms with van der Waals surface area (Å²) in [4.78, 5) is 12.2. The van der Waals surface area contributed by atoms with E-state index in [4.69, 9.17) is 9.47 Å². The lowest BCUT2D eigenvalue weighted by Gasteiger charge is -2.17. The van der Waals surface area contributed by atoms with Crippen LogP contribution in [0.3, 0.4) is 0 Å². The molecule has 0 bridgehead atoms. The fourth-order valence-corrected chi connectivity index (χ4v) is 1.82. The van der Waals surface area contributed by atoms with E-state index in [1.807, 2.05) is 32.0 Å². The number of hydrogen-bond donors (Lipinski definition) is 2. The highest BCUT2D eigenvalue weighted by atomic mass is 16.5. The van der Waals surface area contributed by atoms with Crippen LogP contribution in [-0.4, -0.2) is 45.4 Å². The maximum Gasteiger partial charge on any atom is 0.253 e. The highest BCUT2D eigenvalue weighted by Gasteiger charge is 2.13. The third-order valence-electron chi connectivity index (χ3n) is 2.79. The molecule has 1 rings (SSSR count). The smallest absolute Gasteiger partial charge is 0.253 e. The molecule has 5 heteroatoms. The Labute approximate surface area is 120 Å². The standard InChI is InChI=1S/C15H24N2O3/c1-11(2)17-14-8-6-5-7-13(14)15(18)16-9-12(20-4)10-19-3/h5-8,11-12,17H,9-10H2,1-4H3,(H,16,18). The third-order valence-corrected chi connectivity index (χ3v) is 2.79. The fraction of sp³-hybridized carbons (Fsp3) is 0.533. The number of benzene rings is 1. The summed E-state index contributed by atoms with van der Waals surface area (Å²) in [5.41, 5.74) is 1.47. The first-order chi connectivity index (χ1) is 9.58. The summed E-state index contributed by atoms with van der Waals surface area (Å²) < 4.78 is 10.2. The summed E-state index contributed by atoms with van der Waals surface area (Å²) in [5, 5.41) is 6.13. The molecule has 0 spiro atoms. The Balaban J connectivity index is 2.67. The number of hydrogen-bond acceptors (Lipinski definition) is 4. The molecule has 5 nitrogen and oxygen atoms in total. The first kappa shape index (κ1) is 16.5. The minimum absolute atomic E-state index is 0.119. The van der Waals surface area contributed by atoms with E-state index in [-0.39, 0.29) is 18.1 Å². The lowest BCUT2D eigenvalue weighted by atomic mass is 10.1. The zero-order valence-electron chi connectivity index (χ0n) is 12.6. The number of methoxy groups -OCH3 is 2. The molecule has 0 saturated heterocycles. The Morgan fingerprint density at radius 1 is 1.25 bits per heavy atom. The molecule has 1 aromatic carbocycles. The minimum Gasteiger partial charge on any atom is -0.382 e. The molecule has 0 aliphatic carbocycles. The highest BCUT2D eigenvalue weighted by molar-refractivity contribution is 5.99. The van der Waals surface area contributed by atoms with Crippen LogP contribution in [-0.2, 0) is 9.47 Å². The first-order valence-corrected chi connectivity index (χ1v) is 6.74. The average Bonchev–Trinajstić information content (AvgIpc) is 2.43. The largest absolute Gasteiger partial charge is 0.382 e. The maximum absolute atomic E-state index is 12.2. The Kier molecular flexibility index (Phi) is 7.04. The van der Waals surface area contributed by atoms with E-state index < -0.39 is 0 Å². The number of para-hydroxylation sites is 1. The topological polar surface area (TPSA) is 59.6 Å². The number of nitrogens with one attached hydrogen (secondary N) is 2. The molecule has 1 unspecified atom stereocenters. The van der Waals surface area contributed by atoms with Crippen molar-refractivity contribution in [2.24, 2.45) is 0 Å². The van der Waals surface area contributed by atoms with Crippen molar-refractivity contribution in [3.8, 4) is 0 Å². The molecule has 20 heavy (non-hydrogen) atoms. The number of rotatable bonds is 8. The highest BCUT2D eigenvalue weighted by Crippen LogP contribution is 2.15. The summed E-state index contributed by atoms with van der Waals surface area (Å²) in [7, 11) is 3.21. The summed E-state index contributed by atoms with van der Waals surface area (Å²) in [6, 6.07) is 7.73. The molecule has 0 aliphatic heterocycles. The van der Waals surface area contributed by atoms with Gasteiger partial charge in [-0.1, -0.05) is 12.1 Å². The van der Waals surface area contributed by atoms with Crippen LogP contribution in [0.2, 0.25) is 0 Å². The van der Waals surface area contributed by atoms with Crippen LogP contribution in [0.1, 0.15) is 24.2 Å². The van der Waals surface area contributed by atoms with Crippen molar-refractivity contribution in [1.29, 1.82) is 0 Å². The van der Waals surface area contributed by atoms with Crippen molar-refractivity contribution in [3.63, 3.8) is 0 Å². The molecule has 0 aromatic heterocycles. The van der Waals surface area contributed by atoms with Gasteiger partial charge >= 0.3 is 0 Å². The van der Waals surface area contributed by atoms with Crippen LogP contribution < -0.4 is 10.6 Å². The zero-order valence-corrected chi connectivity index (χ0v) is 12.6. The van der Waals surface area contributed by atoms with Crippen LogP contribution >= 0.6 is 0 Å². The lowest BCUT2D eigenvalue weighted by Crippen LogP contribution is -2.36. The second-order valence-corrected chi connectivity index (χ2v) is 4.87. The van der Waals surface area contributed by atoms with E-state index >= 15 is 0 Å². The number of ether oxygens (including phenoxy) is 2. The van der Waals surface area contributed by atoms with Crippen LogP contribution in [0, 0.1) is 0 Å². The van der Waals surface area contributed by atoms with Gasteiger partial charge in [0.05, 0.1) is 18.3 Å². The van der Waals surface area contributed by atoms with Gasteiger partial charge in [-0.3, -0.25) is 4.79 Å². The average molecular weight is 280 g/mol. The molecular weight excluding hydrogens is 256 g/mol. The molecule has 112 valence electrons. The molecule has 0 heterocycles. The summed E-state index contributed by atoms with van der Waals surface area (Å²) >= 11 is 0. The Morgan fingerprint density at radius 3 is 2.55 bits per heavy atom. The summed E-state index contributed by atoms with van der Waals surface area (Å²) in [6.45, 7) is 4.93. The zero-order chi connectivity index (χ0) is 15.0. The van der Waals surface area contributed by atoms with Crippen molar-refractivity contribution >= 4 is 11.6 Å². The van der Waals surface area contributed by atoms with Gasteiger partial charge in [0.15, 0.2) is 0 Å². The van der Waals surface area contributed by atoms with Crippen LogP contribution in [0.4, 0.5) is 5.69 Å². The van der Waals surface area contributed by atoms with Gasteiger partial charge in [0.1, 0.15) is 0 Å². The van der Waals surface area contributed by atoms with Crippen LogP contribution in [0.25, 0.3) is 0 Å². The van der Waals surface area contributed by atoms with Crippen molar-refractivity contribution in [2.75, 3.05) is 32.7 Å². The predicted octanol–water partition coefficient (Wildman–Crippen LogP) is 1.90. The third kappa shape index (κ3) is 5.19. The van der Waals surface area contributed by atoms with Gasteiger partial charge in [-0.2, -0.15) is 0 Å². The fourth-order valence-electron chi connectivity index (χ4n) is 1.82. The first-order valence-electron chi connectivity index (χ1n) is 6.74. The SMILES string of the molecule is COCC(CNC(=O)c1ccccc1NC(C)C)OC. The van der Waals surface area contributed by atoms with E-state index in [0.717, 1.165) is 5.69 Å². The molecular formula is C15H24N2O3. The van der Waals surface area contributed by atoms with Gasteiger partial charge in [0, 0.05) is 32.5 Å². The van der Waals surface area contributed by atoms with Gasteiger partial charge < -0.3 is 20.1 Å². The minimum atomic E-state index is -0.144. The number of carbonyl (C=O) groups is 1. The van der Waals surface area contributed by atoms with Crippen LogP contribution in [0.5, 0.6) is 0 Å². The van der Waals surface area contributed by atoms with Gasteiger partial charge in [-0.05, 0) is 26.0 Å². The quantitative estimate of drug-likeness (QED) is 0.763. The molecule has 0 fully saturated rings. The Morgan fingerprint density at radius 2 is 1.95 bits per heavy atom. The van der Waals surface area contributed by atoms with Crippen molar-refractivity contribution in [2.45, 2.75) is 26.0 Å². The monoisotopic (exact) mass is 280 g/mol. The normalized spacial score (nSPS) is 12.2. The van der Waals surface area contributed by atoms with Gasteiger partial charge in [0.2, 0.25) is 0 Å². The molecule has 1 atom stereocenters. The lowest BCUT2D eigenvalue weighted by molar-refractivity contribution is 0.0285. The van der Waals surface area contributed by atoms with E-state index in [1.54, 1.807) is 20.3 Å². The summed E-state index contributed by atoms with van der Waals surface area (Å²) in [5.74, 6) is -0.119. The van der Waals surface area contributed by atoms with Crippen molar-refractivity contribution in [3.05, 3.63) is 29.8 Å². The molecule has 1 aromatic rings. The Hall–Kier alpha value is -1.59. The number of amides is 1. The van der Waals surface area contributed by atoms with E-state index in [2.05, 4.69) is 10.6 Å². The Bertz CT molecular complexity index is 421. The number of anilines is 1. The molecule has 2 N–H and O–H groups in total. The van der Waals surface area contributed by atoms with Crippen LogP contribution in [0.15, 0.2) is 24.3 Å². The molecule has 0 aliphatic rings. The second kappa shape index (κ2) is 8.55. The predicted molar refractivity (Wildman–Crippen MR) is 80.2 cm³/mol. The second-order valence-electron chi connectivity index (χ2n) is 4.87. The van der Waals surface area contributed by atoms with E-state index in [1.165, 1.54) is 0 Å². The maximum atomic E-state index is 12.2. The molecule has 1 amide bonds.